The van der Waals surface area contributed by atoms with Crippen LogP contribution in [0, 0.1) is 0 Å². The Bertz CT molecular complexity index is 6900. The molecular weight excluding hydrogens is 1250 g/mol. The van der Waals surface area contributed by atoms with Gasteiger partial charge in [-0.3, -0.25) is 0 Å². The topological polar surface area (TPSA) is 9.86 Å². The molecule has 0 aliphatic heterocycles. The predicted molar refractivity (Wildman–Crippen MR) is 447 cm³/mol. The molecule has 2 nitrogen and oxygen atoms in total. The summed E-state index contributed by atoms with van der Waals surface area (Å²) in [7, 11) is 0. The number of hydrogen-bond acceptors (Lipinski definition) is 0. The number of hydrogen-bond donors (Lipinski definition) is 0. The SMILES string of the molecule is CC(C)(C)c1cc2ccccc2c2c3c4ccccc4ccc3n(-c3ccc(-c4c5ccccc5c(-c5ccccc5)c5ccccc45)cc3)c12.c1ccc(-c2c3ccccc3c(-c3ccc(-n4c5ccc6ccccc6c5c5c6ccccc6c(-c6ccccc6)cc54)cc3)c3ccccc23)cc1. The maximum atomic E-state index is 2.53. The van der Waals surface area contributed by atoms with Crippen molar-refractivity contribution in [2.45, 2.75) is 26.2 Å². The number of rotatable bonds is 7. The van der Waals surface area contributed by atoms with Crippen molar-refractivity contribution < 1.29 is 0 Å². The van der Waals surface area contributed by atoms with Crippen LogP contribution in [0.3, 0.4) is 0 Å². The molecule has 0 N–H and O–H groups in total. The second kappa shape index (κ2) is 24.3. The van der Waals surface area contributed by atoms with E-state index in [2.05, 4.69) is 400 Å². The molecule has 0 aliphatic rings. The smallest absolute Gasteiger partial charge is 0.0585 e. The highest BCUT2D eigenvalue weighted by Gasteiger charge is 2.28. The van der Waals surface area contributed by atoms with E-state index in [1.54, 1.807) is 0 Å². The molecule has 0 saturated carbocycles. The Hall–Kier alpha value is -13.1. The summed E-state index contributed by atoms with van der Waals surface area (Å²) in [5, 5.41) is 25.6. The second-order valence-electron chi connectivity index (χ2n) is 28.9. The predicted octanol–water partition coefficient (Wildman–Crippen LogP) is 28.4. The van der Waals surface area contributed by atoms with Crippen LogP contribution in [-0.2, 0) is 5.41 Å². The van der Waals surface area contributed by atoms with Gasteiger partial charge in [0, 0.05) is 32.9 Å². The molecule has 0 aliphatic carbocycles. The molecule has 0 unspecified atom stereocenters. The Morgan fingerprint density at radius 2 is 0.500 bits per heavy atom. The van der Waals surface area contributed by atoms with E-state index in [-0.39, 0.29) is 5.41 Å². The van der Waals surface area contributed by atoms with Gasteiger partial charge in [-0.2, -0.15) is 0 Å². The molecule has 0 atom stereocenters. The average Bonchev–Trinajstić information content (AvgIpc) is 1.55. The Kier molecular flexibility index (Phi) is 14.2. The van der Waals surface area contributed by atoms with Crippen LogP contribution in [-0.4, -0.2) is 9.13 Å². The average molecular weight is 1320 g/mol. The first-order chi connectivity index (χ1) is 51.3. The van der Waals surface area contributed by atoms with Crippen LogP contribution >= 0.6 is 0 Å². The van der Waals surface area contributed by atoms with Gasteiger partial charge in [-0.15, -0.1) is 0 Å². The molecular formula is C102H70N2. The van der Waals surface area contributed by atoms with Gasteiger partial charge < -0.3 is 9.13 Å². The summed E-state index contributed by atoms with van der Waals surface area (Å²) in [5.41, 5.74) is 21.1. The molecule has 0 radical (unpaired) electrons. The zero-order valence-corrected chi connectivity index (χ0v) is 58.1. The standard InChI is InChI=1S/C52H33N.C50H37N/c1-3-15-34(16-4-1)46-33-48-52(41-22-10-9-21-40(41)46)51-39-20-8-7-17-35(39)29-32-47(51)53(48)38-30-27-37(28-31-38)50-44-25-13-11-23-42(44)49(36-18-5-2-6-19-36)43-24-12-14-26-45(43)50;1-50(2,3)43-31-35-18-8-10-20-38(35)48-47-37-19-9-7-15-32(37)27-30-44(47)51(49(43)48)36-28-25-34(26-29-36)46-41-23-13-11-21-39(41)45(33-16-5-4-6-17-33)40-22-12-14-24-42(40)46/h1-33H;4-31H,1-3H3. The second-order valence-corrected chi connectivity index (χ2v) is 28.9. The van der Waals surface area contributed by atoms with E-state index in [9.17, 15) is 0 Å². The monoisotopic (exact) mass is 1320 g/mol. The van der Waals surface area contributed by atoms with Gasteiger partial charge in [0.05, 0.1) is 22.1 Å². The maximum absolute atomic E-state index is 2.53. The Labute approximate surface area is 603 Å². The van der Waals surface area contributed by atoms with Crippen molar-refractivity contribution in [3.8, 4) is 67.0 Å². The van der Waals surface area contributed by atoms with Crippen LogP contribution in [0.15, 0.2) is 370 Å². The molecule has 21 aromatic rings. The molecule has 0 spiro atoms. The highest BCUT2D eigenvalue weighted by Crippen LogP contribution is 2.50. The van der Waals surface area contributed by atoms with Gasteiger partial charge in [0.1, 0.15) is 0 Å². The molecule has 0 bridgehead atoms. The van der Waals surface area contributed by atoms with Crippen molar-refractivity contribution in [3.63, 3.8) is 0 Å². The minimum atomic E-state index is -0.0670. The number of nitrogens with zero attached hydrogens (tertiary/aromatic N) is 2. The third-order valence-corrected chi connectivity index (χ3v) is 22.0. The fraction of sp³-hybridized carbons (Fsp3) is 0.0392. The van der Waals surface area contributed by atoms with E-state index in [1.165, 1.54) is 197 Å². The molecule has 2 heteroatoms. The third kappa shape index (κ3) is 9.63. The van der Waals surface area contributed by atoms with Crippen molar-refractivity contribution in [2.75, 3.05) is 0 Å². The van der Waals surface area contributed by atoms with E-state index in [4.69, 9.17) is 0 Å². The summed E-state index contributed by atoms with van der Waals surface area (Å²) in [6, 6.07) is 136. The molecule has 0 fully saturated rings. The van der Waals surface area contributed by atoms with Crippen molar-refractivity contribution in [3.05, 3.63) is 376 Å². The lowest BCUT2D eigenvalue weighted by Crippen LogP contribution is -2.13. The lowest BCUT2D eigenvalue weighted by Gasteiger charge is -2.23. The Morgan fingerprint density at radius 3 is 0.913 bits per heavy atom. The van der Waals surface area contributed by atoms with Gasteiger partial charge in [-0.1, -0.05) is 342 Å². The maximum Gasteiger partial charge on any atom is 0.0585 e. The fourth-order valence-corrected chi connectivity index (χ4v) is 17.5. The van der Waals surface area contributed by atoms with Crippen LogP contribution in [0.5, 0.6) is 0 Å². The first-order valence-electron chi connectivity index (χ1n) is 36.3. The van der Waals surface area contributed by atoms with Crippen molar-refractivity contribution in [2.24, 2.45) is 0 Å². The third-order valence-electron chi connectivity index (χ3n) is 22.0. The zero-order valence-electron chi connectivity index (χ0n) is 58.1. The fourth-order valence-electron chi connectivity index (χ4n) is 17.5. The molecule has 21 rings (SSSR count). The van der Waals surface area contributed by atoms with Gasteiger partial charge in [0.2, 0.25) is 0 Å². The van der Waals surface area contributed by atoms with Crippen molar-refractivity contribution in [1.29, 1.82) is 0 Å². The normalized spacial score (nSPS) is 12.0. The van der Waals surface area contributed by atoms with E-state index < -0.39 is 0 Å². The van der Waals surface area contributed by atoms with Crippen LogP contribution in [0.25, 0.3) is 197 Å². The van der Waals surface area contributed by atoms with Crippen LogP contribution in [0.4, 0.5) is 0 Å². The molecule has 0 amide bonds. The first kappa shape index (κ1) is 60.8. The molecule has 2 heterocycles. The van der Waals surface area contributed by atoms with Crippen molar-refractivity contribution >= 4 is 130 Å². The largest absolute Gasteiger partial charge is 0.309 e. The highest BCUT2D eigenvalue weighted by molar-refractivity contribution is 6.32. The lowest BCUT2D eigenvalue weighted by atomic mass is 9.83. The van der Waals surface area contributed by atoms with Crippen LogP contribution < -0.4 is 0 Å². The van der Waals surface area contributed by atoms with Crippen molar-refractivity contribution in [1.82, 2.24) is 9.13 Å². The molecule has 0 saturated heterocycles. The zero-order chi connectivity index (χ0) is 69.2. The van der Waals surface area contributed by atoms with E-state index in [0.717, 1.165) is 5.69 Å². The van der Waals surface area contributed by atoms with Gasteiger partial charge in [-0.05, 0) is 201 Å². The van der Waals surface area contributed by atoms with Gasteiger partial charge in [0.25, 0.3) is 0 Å². The highest BCUT2D eigenvalue weighted by atomic mass is 15.0. The Balaban J connectivity index is 0.000000139. The number of aromatic nitrogens is 2. The van der Waals surface area contributed by atoms with Gasteiger partial charge in [-0.25, -0.2) is 0 Å². The summed E-state index contributed by atoms with van der Waals surface area (Å²) < 4.78 is 5.01. The van der Waals surface area contributed by atoms with E-state index in [1.807, 2.05) is 0 Å². The minimum Gasteiger partial charge on any atom is -0.309 e. The summed E-state index contributed by atoms with van der Waals surface area (Å²) in [6.45, 7) is 7.03. The Morgan fingerprint density at radius 1 is 0.202 bits per heavy atom. The number of benzene rings is 19. The molecule has 104 heavy (non-hydrogen) atoms. The molecule has 2 aromatic heterocycles. The molecule has 488 valence electrons. The minimum absolute atomic E-state index is 0.0670. The van der Waals surface area contributed by atoms with Gasteiger partial charge >= 0.3 is 0 Å². The quantitative estimate of drug-likeness (QED) is 0.141. The van der Waals surface area contributed by atoms with E-state index in [0.29, 0.717) is 0 Å². The first-order valence-corrected chi connectivity index (χ1v) is 36.3. The summed E-state index contributed by atoms with van der Waals surface area (Å²) >= 11 is 0. The summed E-state index contributed by atoms with van der Waals surface area (Å²) in [4.78, 5) is 0. The van der Waals surface area contributed by atoms with Crippen LogP contribution in [0.2, 0.25) is 0 Å². The lowest BCUT2D eigenvalue weighted by molar-refractivity contribution is 0.594. The van der Waals surface area contributed by atoms with E-state index >= 15 is 0 Å². The molecule has 19 aromatic carbocycles. The van der Waals surface area contributed by atoms with Crippen LogP contribution in [0.1, 0.15) is 26.3 Å². The van der Waals surface area contributed by atoms with Gasteiger partial charge in [0.15, 0.2) is 0 Å². The summed E-state index contributed by atoms with van der Waals surface area (Å²) in [6.07, 6.45) is 0. The number of fused-ring (bicyclic) bond motifs is 18. The summed E-state index contributed by atoms with van der Waals surface area (Å²) in [5.74, 6) is 0.